The van der Waals surface area contributed by atoms with Crippen molar-refractivity contribution in [1.82, 2.24) is 5.32 Å². The molecule has 0 heterocycles. The van der Waals surface area contributed by atoms with Gasteiger partial charge in [-0.05, 0) is 61.9 Å². The molecule has 1 aromatic rings. The lowest BCUT2D eigenvalue weighted by atomic mass is 9.96. The van der Waals surface area contributed by atoms with Gasteiger partial charge in [0, 0.05) is 6.04 Å². The normalized spacial score (nSPS) is 13.0. The van der Waals surface area contributed by atoms with Gasteiger partial charge >= 0.3 is 0 Å². The van der Waals surface area contributed by atoms with E-state index in [1.54, 1.807) is 12.1 Å². The van der Waals surface area contributed by atoms with Crippen molar-refractivity contribution in [2.45, 2.75) is 53.0 Å². The molecule has 0 spiro atoms. The first-order chi connectivity index (χ1) is 8.52. The maximum absolute atomic E-state index is 13.5. The molecule has 1 unspecified atom stereocenters. The summed E-state index contributed by atoms with van der Waals surface area (Å²) in [6.45, 7) is 9.55. The van der Waals surface area contributed by atoms with Crippen LogP contribution in [0.3, 0.4) is 0 Å². The minimum absolute atomic E-state index is 0.127. The summed E-state index contributed by atoms with van der Waals surface area (Å²) in [5.74, 6) is 0.559. The van der Waals surface area contributed by atoms with Crippen molar-refractivity contribution in [3.8, 4) is 0 Å². The van der Waals surface area contributed by atoms with Gasteiger partial charge in [-0.15, -0.1) is 0 Å². The molecule has 1 N–H and O–H groups in total. The van der Waals surface area contributed by atoms with Crippen molar-refractivity contribution in [2.75, 3.05) is 6.54 Å². The van der Waals surface area contributed by atoms with Crippen LogP contribution in [0.4, 0.5) is 4.39 Å². The number of aryl methyl sites for hydroxylation is 1. The van der Waals surface area contributed by atoms with Crippen molar-refractivity contribution in [3.05, 3.63) is 35.1 Å². The van der Waals surface area contributed by atoms with E-state index in [2.05, 4.69) is 32.2 Å². The van der Waals surface area contributed by atoms with E-state index in [0.29, 0.717) is 5.92 Å². The van der Waals surface area contributed by atoms with Gasteiger partial charge in [0.25, 0.3) is 0 Å². The zero-order valence-electron chi connectivity index (χ0n) is 12.1. The Balaban J connectivity index is 2.79. The second kappa shape index (κ2) is 7.52. The molecule has 18 heavy (non-hydrogen) atoms. The molecule has 1 rings (SSSR count). The number of hydrogen-bond acceptors (Lipinski definition) is 1. The second-order valence-electron chi connectivity index (χ2n) is 5.54. The van der Waals surface area contributed by atoms with Gasteiger partial charge in [-0.1, -0.05) is 26.8 Å². The topological polar surface area (TPSA) is 12.0 Å². The Bertz CT molecular complexity index is 340. The highest BCUT2D eigenvalue weighted by Gasteiger charge is 2.12. The smallest absolute Gasteiger partial charge is 0.123 e. The minimum atomic E-state index is -0.127. The predicted molar refractivity (Wildman–Crippen MR) is 76.2 cm³/mol. The fourth-order valence-electron chi connectivity index (χ4n) is 2.17. The van der Waals surface area contributed by atoms with Gasteiger partial charge in [0.15, 0.2) is 0 Å². The Labute approximate surface area is 111 Å². The summed E-state index contributed by atoms with van der Waals surface area (Å²) in [5, 5.41) is 3.53. The van der Waals surface area contributed by atoms with Crippen molar-refractivity contribution in [3.63, 3.8) is 0 Å². The molecule has 1 aromatic carbocycles. The third-order valence-electron chi connectivity index (χ3n) is 3.14. The molecule has 0 saturated carbocycles. The van der Waals surface area contributed by atoms with Gasteiger partial charge in [0.1, 0.15) is 5.82 Å². The third kappa shape index (κ3) is 5.18. The number of rotatable bonds is 7. The van der Waals surface area contributed by atoms with Gasteiger partial charge < -0.3 is 5.32 Å². The van der Waals surface area contributed by atoms with Gasteiger partial charge in [-0.2, -0.15) is 0 Å². The second-order valence-corrected chi connectivity index (χ2v) is 5.54. The van der Waals surface area contributed by atoms with Crippen molar-refractivity contribution in [2.24, 2.45) is 5.92 Å². The first-order valence-electron chi connectivity index (χ1n) is 7.03. The number of halogens is 1. The van der Waals surface area contributed by atoms with E-state index in [9.17, 15) is 4.39 Å². The van der Waals surface area contributed by atoms with Crippen LogP contribution in [-0.2, 0) is 0 Å². The molecule has 1 atom stereocenters. The Kier molecular flexibility index (Phi) is 6.34. The summed E-state index contributed by atoms with van der Waals surface area (Å²) in [4.78, 5) is 0. The largest absolute Gasteiger partial charge is 0.310 e. The monoisotopic (exact) mass is 251 g/mol. The molecule has 0 aromatic heterocycles. The molecular weight excluding hydrogens is 225 g/mol. The zero-order valence-corrected chi connectivity index (χ0v) is 12.1. The van der Waals surface area contributed by atoms with Crippen LogP contribution >= 0.6 is 0 Å². The average molecular weight is 251 g/mol. The molecule has 0 aliphatic heterocycles. The van der Waals surface area contributed by atoms with Crippen LogP contribution in [0.5, 0.6) is 0 Å². The molecule has 0 radical (unpaired) electrons. The van der Waals surface area contributed by atoms with E-state index in [1.165, 1.54) is 0 Å². The highest BCUT2D eigenvalue weighted by atomic mass is 19.1. The Morgan fingerprint density at radius 1 is 1.17 bits per heavy atom. The molecule has 0 aliphatic rings. The first kappa shape index (κ1) is 15.2. The van der Waals surface area contributed by atoms with Crippen molar-refractivity contribution >= 4 is 0 Å². The van der Waals surface area contributed by atoms with Crippen LogP contribution in [0, 0.1) is 18.7 Å². The Morgan fingerprint density at radius 2 is 1.89 bits per heavy atom. The molecule has 1 nitrogen and oxygen atoms in total. The molecule has 2 heteroatoms. The fraction of sp³-hybridized carbons (Fsp3) is 0.625. The van der Waals surface area contributed by atoms with Crippen LogP contribution in [0.2, 0.25) is 0 Å². The standard InChI is InChI=1S/C16H26FN/c1-5-8-18-16(7-6-12(2)3)14-9-13(4)10-15(17)11-14/h9-12,16,18H,5-8H2,1-4H3. The maximum atomic E-state index is 13.5. The lowest BCUT2D eigenvalue weighted by Gasteiger charge is -2.20. The summed E-state index contributed by atoms with van der Waals surface area (Å²) >= 11 is 0. The molecule has 0 bridgehead atoms. The van der Waals surface area contributed by atoms with E-state index >= 15 is 0 Å². The van der Waals surface area contributed by atoms with Gasteiger partial charge in [0.05, 0.1) is 0 Å². The number of benzene rings is 1. The summed E-state index contributed by atoms with van der Waals surface area (Å²) in [7, 11) is 0. The number of nitrogens with one attached hydrogen (secondary N) is 1. The fourth-order valence-corrected chi connectivity index (χ4v) is 2.17. The minimum Gasteiger partial charge on any atom is -0.310 e. The maximum Gasteiger partial charge on any atom is 0.123 e. The molecule has 0 amide bonds. The van der Waals surface area contributed by atoms with Crippen LogP contribution < -0.4 is 5.32 Å². The summed E-state index contributed by atoms with van der Waals surface area (Å²) in [6, 6.07) is 5.63. The quantitative estimate of drug-likeness (QED) is 0.746. The SMILES string of the molecule is CCCNC(CCC(C)C)c1cc(C)cc(F)c1. The van der Waals surface area contributed by atoms with Gasteiger partial charge in [-0.3, -0.25) is 0 Å². The van der Waals surface area contributed by atoms with E-state index in [-0.39, 0.29) is 11.9 Å². The molecule has 0 saturated heterocycles. The molecule has 0 aliphatic carbocycles. The van der Waals surface area contributed by atoms with Crippen molar-refractivity contribution in [1.29, 1.82) is 0 Å². The summed E-state index contributed by atoms with van der Waals surface area (Å²) in [6.07, 6.45) is 3.34. The van der Waals surface area contributed by atoms with Gasteiger partial charge in [-0.25, -0.2) is 4.39 Å². The van der Waals surface area contributed by atoms with Crippen LogP contribution in [0.25, 0.3) is 0 Å². The predicted octanol–water partition coefficient (Wildman–Crippen LogP) is 4.61. The number of hydrogen-bond donors (Lipinski definition) is 1. The summed E-state index contributed by atoms with van der Waals surface area (Å²) < 4.78 is 13.5. The van der Waals surface area contributed by atoms with Crippen LogP contribution in [0.15, 0.2) is 18.2 Å². The first-order valence-corrected chi connectivity index (χ1v) is 7.03. The highest BCUT2D eigenvalue weighted by Crippen LogP contribution is 2.23. The lowest BCUT2D eigenvalue weighted by Crippen LogP contribution is -2.22. The van der Waals surface area contributed by atoms with E-state index < -0.39 is 0 Å². The Morgan fingerprint density at radius 3 is 2.44 bits per heavy atom. The third-order valence-corrected chi connectivity index (χ3v) is 3.14. The van der Waals surface area contributed by atoms with Crippen LogP contribution in [0.1, 0.15) is 57.2 Å². The van der Waals surface area contributed by atoms with Crippen molar-refractivity contribution < 1.29 is 4.39 Å². The Hall–Kier alpha value is -0.890. The van der Waals surface area contributed by atoms with Gasteiger partial charge in [0.2, 0.25) is 0 Å². The average Bonchev–Trinajstić information content (AvgIpc) is 2.27. The van der Waals surface area contributed by atoms with E-state index in [1.807, 2.05) is 6.92 Å². The summed E-state index contributed by atoms with van der Waals surface area (Å²) in [5.41, 5.74) is 2.08. The zero-order chi connectivity index (χ0) is 13.5. The van der Waals surface area contributed by atoms with E-state index in [4.69, 9.17) is 0 Å². The molecule has 102 valence electrons. The lowest BCUT2D eigenvalue weighted by molar-refractivity contribution is 0.439. The van der Waals surface area contributed by atoms with Crippen LogP contribution in [-0.4, -0.2) is 6.54 Å². The molecular formula is C16H26FN. The highest BCUT2D eigenvalue weighted by molar-refractivity contribution is 5.26. The van der Waals surface area contributed by atoms with E-state index in [0.717, 1.165) is 36.9 Å². The molecule has 0 fully saturated rings.